The first-order valence-electron chi connectivity index (χ1n) is 17.3. The molecule has 4 amide bonds. The van der Waals surface area contributed by atoms with E-state index in [2.05, 4.69) is 20.9 Å². The monoisotopic (exact) mass is 737 g/mol. The highest BCUT2D eigenvalue weighted by Gasteiger charge is 2.42. The predicted molar refractivity (Wildman–Crippen MR) is 200 cm³/mol. The van der Waals surface area contributed by atoms with Gasteiger partial charge in [-0.2, -0.15) is 0 Å². The van der Waals surface area contributed by atoms with Gasteiger partial charge in [0.25, 0.3) is 11.8 Å². The van der Waals surface area contributed by atoms with Crippen LogP contribution < -0.4 is 16.0 Å². The van der Waals surface area contributed by atoms with Crippen LogP contribution in [0.5, 0.6) is 0 Å². The molecule has 4 N–H and O–H groups in total. The Kier molecular flexibility index (Phi) is 10.2. The zero-order valence-corrected chi connectivity index (χ0v) is 29.6. The number of benzene rings is 4. The highest BCUT2D eigenvalue weighted by Crippen LogP contribution is 2.37. The molecule has 1 aromatic heterocycles. The standard InChI is InChI=1S/C40H37F2N5O5S/c1-43-40(52)47-28-14-15-29(47)22-46(21-28)20-24-5-4-6-26(17-24)36(48)45-38-35(31-7-2-3-8-34(31)53-38)37(49)44-27-18-32(41)30(33(42)19-27)16-11-23-9-12-25(13-10-23)39(50)51/h2-10,12-13,17-19,28-29H,11,14-16,20-22H2,1H3,(H,43,52)(H,44,49)(H,45,48)(H,50,51). The maximum Gasteiger partial charge on any atom is 0.335 e. The second kappa shape index (κ2) is 15.1. The van der Waals surface area contributed by atoms with E-state index in [1.165, 1.54) is 23.5 Å². The molecule has 2 fully saturated rings. The Morgan fingerprint density at radius 3 is 2.17 bits per heavy atom. The number of nitrogens with zero attached hydrogens (tertiary/aromatic N) is 2. The third kappa shape index (κ3) is 7.62. The van der Waals surface area contributed by atoms with Gasteiger partial charge in [-0.05, 0) is 79.3 Å². The van der Waals surface area contributed by atoms with Gasteiger partial charge in [0.15, 0.2) is 0 Å². The van der Waals surface area contributed by atoms with E-state index in [0.717, 1.165) is 53.9 Å². The zero-order chi connectivity index (χ0) is 37.2. The minimum absolute atomic E-state index is 0.0280. The van der Waals surface area contributed by atoms with Crippen LogP contribution in [0.25, 0.3) is 10.1 Å². The van der Waals surface area contributed by atoms with Crippen molar-refractivity contribution in [2.24, 2.45) is 0 Å². The van der Waals surface area contributed by atoms with E-state index in [9.17, 15) is 19.2 Å². The maximum atomic E-state index is 15.2. The molecule has 3 heterocycles. The molecule has 4 aromatic carbocycles. The fourth-order valence-corrected chi connectivity index (χ4v) is 8.47. The summed E-state index contributed by atoms with van der Waals surface area (Å²) in [4.78, 5) is 55.2. The van der Waals surface area contributed by atoms with E-state index in [-0.39, 0.29) is 53.3 Å². The van der Waals surface area contributed by atoms with Crippen LogP contribution in [0.2, 0.25) is 0 Å². The van der Waals surface area contributed by atoms with Crippen LogP contribution in [0, 0.1) is 11.6 Å². The summed E-state index contributed by atoms with van der Waals surface area (Å²) in [6, 6.07) is 23.0. The summed E-state index contributed by atoms with van der Waals surface area (Å²) in [5, 5.41) is 18.2. The third-order valence-electron chi connectivity index (χ3n) is 9.91. The number of amides is 4. The predicted octanol–water partition coefficient (Wildman–Crippen LogP) is 7.16. The van der Waals surface area contributed by atoms with Crippen molar-refractivity contribution in [2.45, 2.75) is 44.3 Å². The highest BCUT2D eigenvalue weighted by molar-refractivity contribution is 7.23. The average molecular weight is 738 g/mol. The number of hydrogen-bond donors (Lipinski definition) is 4. The topological polar surface area (TPSA) is 131 Å². The number of halogens is 2. The third-order valence-corrected chi connectivity index (χ3v) is 11.0. The smallest absolute Gasteiger partial charge is 0.335 e. The van der Waals surface area contributed by atoms with Crippen LogP contribution in [0.3, 0.4) is 0 Å². The van der Waals surface area contributed by atoms with Gasteiger partial charge in [0.1, 0.15) is 16.6 Å². The van der Waals surface area contributed by atoms with Gasteiger partial charge >= 0.3 is 12.0 Å². The number of aryl methyl sites for hydroxylation is 1. The number of anilines is 2. The van der Waals surface area contributed by atoms with Gasteiger partial charge in [0, 0.05) is 65.7 Å². The molecule has 7 rings (SSSR count). The number of piperazine rings is 1. The average Bonchev–Trinajstić information content (AvgIpc) is 3.64. The summed E-state index contributed by atoms with van der Waals surface area (Å²) in [5.41, 5.74) is 2.15. The SMILES string of the molecule is CNC(=O)N1C2CCC1CN(Cc1cccc(C(=O)Nc3sc4ccccc4c3C(=O)Nc3cc(F)c(CCc4ccc(C(=O)O)cc4)c(F)c3)c1)C2. The Labute approximate surface area is 308 Å². The molecule has 13 heteroatoms. The number of likely N-dealkylation sites (tertiary alicyclic amines) is 1. The van der Waals surface area contributed by atoms with Crippen LogP contribution >= 0.6 is 11.3 Å². The number of hydrogen-bond acceptors (Lipinski definition) is 6. The Morgan fingerprint density at radius 1 is 0.792 bits per heavy atom. The van der Waals surface area contributed by atoms with Crippen molar-refractivity contribution in [3.8, 4) is 0 Å². The largest absolute Gasteiger partial charge is 0.478 e. The molecular weight excluding hydrogens is 701 g/mol. The minimum atomic E-state index is -1.06. The first-order chi connectivity index (χ1) is 25.6. The van der Waals surface area contributed by atoms with E-state index in [1.54, 1.807) is 37.4 Å². The number of urea groups is 1. The molecule has 2 bridgehead atoms. The van der Waals surface area contributed by atoms with Crippen LogP contribution in [0.15, 0.2) is 84.9 Å². The van der Waals surface area contributed by atoms with Gasteiger partial charge in [-0.25, -0.2) is 18.4 Å². The lowest BCUT2D eigenvalue weighted by Crippen LogP contribution is -2.57. The van der Waals surface area contributed by atoms with Crippen molar-refractivity contribution >= 4 is 55.9 Å². The minimum Gasteiger partial charge on any atom is -0.478 e. The molecule has 53 heavy (non-hydrogen) atoms. The Bertz CT molecular complexity index is 2190. The number of carboxylic acids is 1. The summed E-state index contributed by atoms with van der Waals surface area (Å²) in [6.07, 6.45) is 2.24. The first kappa shape index (κ1) is 35.7. The lowest BCUT2D eigenvalue weighted by atomic mass is 10.0. The van der Waals surface area contributed by atoms with Gasteiger partial charge in [-0.1, -0.05) is 42.5 Å². The summed E-state index contributed by atoms with van der Waals surface area (Å²) < 4.78 is 31.2. The van der Waals surface area contributed by atoms with Gasteiger partial charge in [-0.3, -0.25) is 14.5 Å². The Hall–Kier alpha value is -5.66. The fraction of sp³-hybridized carbons (Fsp3) is 0.250. The van der Waals surface area contributed by atoms with E-state index < -0.39 is 29.4 Å². The summed E-state index contributed by atoms with van der Waals surface area (Å²) in [6.45, 7) is 2.13. The molecular formula is C40H37F2N5O5S. The molecule has 0 aliphatic carbocycles. The molecule has 10 nitrogen and oxygen atoms in total. The van der Waals surface area contributed by atoms with Gasteiger partial charge in [-0.15, -0.1) is 11.3 Å². The van der Waals surface area contributed by atoms with Crippen molar-refractivity contribution < 1.29 is 33.1 Å². The second-order valence-corrected chi connectivity index (χ2v) is 14.4. The van der Waals surface area contributed by atoms with Crippen molar-refractivity contribution in [1.29, 1.82) is 0 Å². The highest BCUT2D eigenvalue weighted by atomic mass is 32.1. The zero-order valence-electron chi connectivity index (χ0n) is 28.8. The van der Waals surface area contributed by atoms with Crippen molar-refractivity contribution in [3.05, 3.63) is 130 Å². The molecule has 2 aliphatic rings. The number of fused-ring (bicyclic) bond motifs is 3. The van der Waals surface area contributed by atoms with E-state index in [1.807, 2.05) is 35.2 Å². The Balaban J connectivity index is 1.04. The quantitative estimate of drug-likeness (QED) is 0.120. The molecule has 0 radical (unpaired) electrons. The molecule has 2 saturated heterocycles. The molecule has 0 saturated carbocycles. The summed E-state index contributed by atoms with van der Waals surface area (Å²) >= 11 is 1.23. The van der Waals surface area contributed by atoms with Gasteiger partial charge < -0.3 is 26.0 Å². The second-order valence-electron chi connectivity index (χ2n) is 13.4. The fourth-order valence-electron chi connectivity index (χ4n) is 7.37. The van der Waals surface area contributed by atoms with Crippen LogP contribution in [-0.4, -0.2) is 70.9 Å². The maximum absolute atomic E-state index is 15.2. The van der Waals surface area contributed by atoms with E-state index in [0.29, 0.717) is 22.5 Å². The molecule has 0 spiro atoms. The van der Waals surface area contributed by atoms with Crippen LogP contribution in [0.4, 0.5) is 24.3 Å². The normalized spacial score (nSPS) is 16.8. The molecule has 272 valence electrons. The molecule has 2 aliphatic heterocycles. The number of thiophene rings is 1. The first-order valence-corrected chi connectivity index (χ1v) is 18.1. The van der Waals surface area contributed by atoms with Crippen molar-refractivity contribution in [3.63, 3.8) is 0 Å². The van der Waals surface area contributed by atoms with E-state index >= 15 is 8.78 Å². The van der Waals surface area contributed by atoms with Crippen LogP contribution in [-0.2, 0) is 19.4 Å². The number of rotatable bonds is 10. The van der Waals surface area contributed by atoms with Gasteiger partial charge in [0.05, 0.1) is 11.1 Å². The number of nitrogens with one attached hydrogen (secondary N) is 3. The van der Waals surface area contributed by atoms with Crippen molar-refractivity contribution in [1.82, 2.24) is 15.1 Å². The number of carboxylic acid groups (broad SMARTS) is 1. The van der Waals surface area contributed by atoms with Gasteiger partial charge in [0.2, 0.25) is 0 Å². The van der Waals surface area contributed by atoms with E-state index in [4.69, 9.17) is 5.11 Å². The van der Waals surface area contributed by atoms with Crippen LogP contribution in [0.1, 0.15) is 60.6 Å². The molecule has 5 aromatic rings. The lowest BCUT2D eigenvalue weighted by Gasteiger charge is -2.40. The number of carbonyl (C=O) groups excluding carboxylic acids is 3. The summed E-state index contributed by atoms with van der Waals surface area (Å²) in [7, 11) is 1.65. The molecule has 2 unspecified atom stereocenters. The Morgan fingerprint density at radius 2 is 1.49 bits per heavy atom. The lowest BCUT2D eigenvalue weighted by molar-refractivity contribution is 0.0696. The molecule has 2 atom stereocenters. The number of carbonyl (C=O) groups is 4. The summed E-state index contributed by atoms with van der Waals surface area (Å²) in [5.74, 6) is -3.76. The number of aromatic carboxylic acids is 1. The van der Waals surface area contributed by atoms with Crippen molar-refractivity contribution in [2.75, 3.05) is 30.8 Å².